The molecule has 0 fully saturated rings. The van der Waals surface area contributed by atoms with Crippen molar-refractivity contribution >= 4 is 31.1 Å². The molecule has 2 unspecified atom stereocenters. The summed E-state index contributed by atoms with van der Waals surface area (Å²) in [6, 6.07) is 21.3. The van der Waals surface area contributed by atoms with Crippen LogP contribution in [0, 0.1) is 0 Å². The van der Waals surface area contributed by atoms with Gasteiger partial charge >= 0.3 is 6.18 Å². The summed E-state index contributed by atoms with van der Waals surface area (Å²) in [5.74, 6) is 0. The SMILES string of the molecule is CNc1ccccc1S.COCC(NC(C)c1ccc(CC(F)(F)F)cc1)c1ccc(C=O)cc1.O=CO. The van der Waals surface area contributed by atoms with E-state index < -0.39 is 12.6 Å². The predicted molar refractivity (Wildman–Crippen MR) is 146 cm³/mol. The second kappa shape index (κ2) is 17.2. The van der Waals surface area contributed by atoms with Gasteiger partial charge in [-0.3, -0.25) is 9.59 Å². The number of alkyl halides is 3. The van der Waals surface area contributed by atoms with Crippen LogP contribution >= 0.6 is 12.6 Å². The summed E-state index contributed by atoms with van der Waals surface area (Å²) < 4.78 is 42.6. The van der Waals surface area contributed by atoms with Crippen LogP contribution < -0.4 is 10.6 Å². The number of carbonyl (C=O) groups is 2. The Morgan fingerprint density at radius 1 is 0.974 bits per heavy atom. The third-order valence-corrected chi connectivity index (χ3v) is 5.71. The zero-order chi connectivity index (χ0) is 28.6. The van der Waals surface area contributed by atoms with Crippen molar-refractivity contribution in [1.82, 2.24) is 5.32 Å². The summed E-state index contributed by atoms with van der Waals surface area (Å²) in [5.41, 5.74) is 3.77. The molecule has 0 aliphatic rings. The number of nitrogens with one attached hydrogen (secondary N) is 2. The molecule has 0 saturated carbocycles. The van der Waals surface area contributed by atoms with Crippen molar-refractivity contribution in [3.8, 4) is 0 Å². The first-order valence-corrected chi connectivity index (χ1v) is 12.0. The molecule has 6 nitrogen and oxygen atoms in total. The molecule has 0 aliphatic carbocycles. The number of ether oxygens (including phenoxy) is 1. The van der Waals surface area contributed by atoms with Crippen LogP contribution in [0.5, 0.6) is 0 Å². The quantitative estimate of drug-likeness (QED) is 0.183. The molecule has 0 bridgehead atoms. The number of methoxy groups -OCH3 is 1. The van der Waals surface area contributed by atoms with Gasteiger partial charge < -0.3 is 20.5 Å². The normalized spacial score (nSPS) is 12.1. The molecular formula is C28H33F3N2O4S. The molecular weight excluding hydrogens is 517 g/mol. The van der Waals surface area contributed by atoms with E-state index in [9.17, 15) is 18.0 Å². The van der Waals surface area contributed by atoms with E-state index in [4.69, 9.17) is 14.6 Å². The Labute approximate surface area is 226 Å². The Balaban J connectivity index is 0.000000497. The van der Waals surface area contributed by atoms with Crippen molar-refractivity contribution in [1.29, 1.82) is 0 Å². The molecule has 0 aliphatic heterocycles. The Bertz CT molecular complexity index is 1090. The van der Waals surface area contributed by atoms with Crippen molar-refractivity contribution < 1.29 is 32.6 Å². The van der Waals surface area contributed by atoms with Crippen LogP contribution in [0.3, 0.4) is 0 Å². The fourth-order valence-corrected chi connectivity index (χ4v) is 3.73. The topological polar surface area (TPSA) is 87.7 Å². The van der Waals surface area contributed by atoms with Crippen LogP contribution in [0.1, 0.15) is 46.1 Å². The van der Waals surface area contributed by atoms with Crippen LogP contribution in [0.25, 0.3) is 0 Å². The van der Waals surface area contributed by atoms with Gasteiger partial charge in [-0.1, -0.05) is 60.7 Å². The molecule has 38 heavy (non-hydrogen) atoms. The van der Waals surface area contributed by atoms with Gasteiger partial charge in [0.05, 0.1) is 19.1 Å². The number of benzene rings is 3. The van der Waals surface area contributed by atoms with E-state index >= 15 is 0 Å². The van der Waals surface area contributed by atoms with E-state index in [0.29, 0.717) is 12.2 Å². The van der Waals surface area contributed by atoms with Gasteiger partial charge in [0.2, 0.25) is 0 Å². The smallest absolute Gasteiger partial charge is 0.393 e. The van der Waals surface area contributed by atoms with Crippen molar-refractivity contribution in [2.75, 3.05) is 26.1 Å². The minimum absolute atomic E-state index is 0.0826. The molecule has 3 aromatic carbocycles. The molecule has 3 N–H and O–H groups in total. The maximum atomic E-state index is 12.5. The fourth-order valence-electron chi connectivity index (χ4n) is 3.45. The highest BCUT2D eigenvalue weighted by molar-refractivity contribution is 7.80. The average molecular weight is 551 g/mol. The van der Waals surface area contributed by atoms with Crippen molar-refractivity contribution in [3.63, 3.8) is 0 Å². The molecule has 0 spiro atoms. The fraction of sp³-hybridized carbons (Fsp3) is 0.286. The van der Waals surface area contributed by atoms with Crippen molar-refractivity contribution in [2.24, 2.45) is 0 Å². The molecule has 2 atom stereocenters. The number of hydrogen-bond donors (Lipinski definition) is 4. The largest absolute Gasteiger partial charge is 0.483 e. The second-order valence-corrected chi connectivity index (χ2v) is 8.57. The molecule has 3 rings (SSSR count). The molecule has 206 valence electrons. The monoisotopic (exact) mass is 550 g/mol. The number of aldehydes is 1. The zero-order valence-electron chi connectivity index (χ0n) is 21.4. The van der Waals surface area contributed by atoms with Crippen LogP contribution in [-0.2, 0) is 16.0 Å². The number of carbonyl (C=O) groups excluding carboxylic acids is 1. The molecule has 3 aromatic rings. The first-order valence-electron chi connectivity index (χ1n) is 11.6. The summed E-state index contributed by atoms with van der Waals surface area (Å²) >= 11 is 4.22. The summed E-state index contributed by atoms with van der Waals surface area (Å²) in [6.45, 7) is 2.12. The highest BCUT2D eigenvalue weighted by Gasteiger charge is 2.27. The number of thiol groups is 1. The van der Waals surface area contributed by atoms with Crippen molar-refractivity contribution in [2.45, 2.75) is 36.5 Å². The Morgan fingerprint density at radius 2 is 1.53 bits per heavy atom. The summed E-state index contributed by atoms with van der Waals surface area (Å²) in [5, 5.41) is 13.3. The van der Waals surface area contributed by atoms with Gasteiger partial charge in [-0.2, -0.15) is 13.2 Å². The third-order valence-electron chi connectivity index (χ3n) is 5.32. The number of rotatable bonds is 9. The van der Waals surface area contributed by atoms with E-state index in [1.807, 2.05) is 50.4 Å². The van der Waals surface area contributed by atoms with Gasteiger partial charge in [-0.15, -0.1) is 12.6 Å². The molecule has 0 heterocycles. The predicted octanol–water partition coefficient (Wildman–Crippen LogP) is 6.36. The zero-order valence-corrected chi connectivity index (χ0v) is 22.3. The third kappa shape index (κ3) is 12.3. The number of halogens is 3. The first-order chi connectivity index (χ1) is 18.1. The minimum Gasteiger partial charge on any atom is -0.483 e. The number of carboxylic acid groups (broad SMARTS) is 1. The van der Waals surface area contributed by atoms with Crippen LogP contribution in [0.4, 0.5) is 18.9 Å². The highest BCUT2D eigenvalue weighted by atomic mass is 32.1. The Morgan fingerprint density at radius 3 is 1.97 bits per heavy atom. The number of para-hydroxylation sites is 1. The van der Waals surface area contributed by atoms with Gasteiger partial charge in [0.25, 0.3) is 6.47 Å². The first kappa shape index (κ1) is 32.7. The standard InChI is InChI=1S/C20H22F3NO2.C7H9NS.CH2O2/c1-14(17-7-3-15(4-8-17)11-20(21,22)23)24-19(13-26-2)18-9-5-16(12-25)6-10-18;1-8-6-4-2-3-5-7(6)9;2-1-3/h3-10,12,14,19,24H,11,13H2,1-2H3;2-5,8-9H,1H3;1H,(H,2,3). The van der Waals surface area contributed by atoms with E-state index in [2.05, 4.69) is 23.3 Å². The van der Waals surface area contributed by atoms with E-state index in [-0.39, 0.29) is 24.1 Å². The summed E-state index contributed by atoms with van der Waals surface area (Å²) in [6.07, 6.45) is -4.35. The molecule has 0 aromatic heterocycles. The second-order valence-electron chi connectivity index (χ2n) is 8.09. The van der Waals surface area contributed by atoms with E-state index in [0.717, 1.165) is 28.0 Å². The van der Waals surface area contributed by atoms with Gasteiger partial charge in [0.1, 0.15) is 6.29 Å². The Hall–Kier alpha value is -3.34. The highest BCUT2D eigenvalue weighted by Crippen LogP contribution is 2.24. The number of anilines is 1. The van der Waals surface area contributed by atoms with Gasteiger partial charge in [-0.25, -0.2) is 0 Å². The molecule has 0 radical (unpaired) electrons. The van der Waals surface area contributed by atoms with Crippen LogP contribution in [-0.4, -0.2) is 44.8 Å². The Kier molecular flexibility index (Phi) is 14.8. The lowest BCUT2D eigenvalue weighted by Crippen LogP contribution is -2.28. The maximum absolute atomic E-state index is 12.5. The van der Waals surface area contributed by atoms with Crippen LogP contribution in [0.15, 0.2) is 77.7 Å². The lowest BCUT2D eigenvalue weighted by molar-refractivity contribution is -0.127. The lowest BCUT2D eigenvalue weighted by Gasteiger charge is -2.24. The molecule has 10 heteroatoms. The van der Waals surface area contributed by atoms with Gasteiger partial charge in [0, 0.05) is 36.3 Å². The lowest BCUT2D eigenvalue weighted by atomic mass is 10.0. The van der Waals surface area contributed by atoms with Crippen molar-refractivity contribution in [3.05, 3.63) is 95.1 Å². The minimum atomic E-state index is -4.21. The van der Waals surface area contributed by atoms with Gasteiger partial charge in [-0.05, 0) is 35.7 Å². The summed E-state index contributed by atoms with van der Waals surface area (Å²) in [7, 11) is 3.49. The average Bonchev–Trinajstić information content (AvgIpc) is 2.89. The van der Waals surface area contributed by atoms with E-state index in [1.165, 1.54) is 12.1 Å². The number of hydrogen-bond acceptors (Lipinski definition) is 6. The molecule has 0 saturated heterocycles. The van der Waals surface area contributed by atoms with Gasteiger partial charge in [0.15, 0.2) is 0 Å². The van der Waals surface area contributed by atoms with E-state index in [1.54, 1.807) is 31.4 Å². The molecule has 0 amide bonds. The maximum Gasteiger partial charge on any atom is 0.393 e. The van der Waals surface area contributed by atoms with Crippen LogP contribution in [0.2, 0.25) is 0 Å². The summed E-state index contributed by atoms with van der Waals surface area (Å²) in [4.78, 5) is 20.1.